The fourth-order valence-electron chi connectivity index (χ4n) is 1.55. The minimum atomic E-state index is 0.102. The Balaban J connectivity index is 2.46. The van der Waals surface area contributed by atoms with Gasteiger partial charge in [-0.2, -0.15) is 0 Å². The first-order valence-electron chi connectivity index (χ1n) is 3.94. The predicted octanol–water partition coefficient (Wildman–Crippen LogP) is 0.380. The Morgan fingerprint density at radius 3 is 3.09 bits per heavy atom. The van der Waals surface area contributed by atoms with Crippen molar-refractivity contribution in [3.8, 4) is 0 Å². The van der Waals surface area contributed by atoms with Crippen LogP contribution in [-0.2, 0) is 6.54 Å². The zero-order valence-corrected chi connectivity index (χ0v) is 6.62. The summed E-state index contributed by atoms with van der Waals surface area (Å²) >= 11 is 0. The Kier molecular flexibility index (Phi) is 1.42. The van der Waals surface area contributed by atoms with E-state index in [0.29, 0.717) is 0 Å². The number of nitrogens with zero attached hydrogens (tertiary/aromatic N) is 3. The van der Waals surface area contributed by atoms with E-state index in [0.717, 1.165) is 31.0 Å². The van der Waals surface area contributed by atoms with Crippen LogP contribution in [0.5, 0.6) is 0 Å². The van der Waals surface area contributed by atoms with Crippen LogP contribution in [0.3, 0.4) is 0 Å². The summed E-state index contributed by atoms with van der Waals surface area (Å²) in [6, 6.07) is 0.102. The maximum atomic E-state index is 5.84. The van der Waals surface area contributed by atoms with E-state index in [-0.39, 0.29) is 6.04 Å². The molecular formula is C7H12N4. The number of hydrogen-bond donors (Lipinski definition) is 1. The summed E-state index contributed by atoms with van der Waals surface area (Å²) in [7, 11) is 0. The molecule has 1 aromatic heterocycles. The van der Waals surface area contributed by atoms with E-state index in [4.69, 9.17) is 5.73 Å². The maximum absolute atomic E-state index is 5.84. The highest BCUT2D eigenvalue weighted by atomic mass is 15.3. The van der Waals surface area contributed by atoms with Crippen LogP contribution in [-0.4, -0.2) is 14.8 Å². The molecule has 0 amide bonds. The van der Waals surface area contributed by atoms with Crippen LogP contribution in [0, 0.1) is 6.92 Å². The van der Waals surface area contributed by atoms with Gasteiger partial charge in [-0.15, -0.1) is 10.2 Å². The third kappa shape index (κ3) is 0.939. The van der Waals surface area contributed by atoms with Crippen LogP contribution in [0.2, 0.25) is 0 Å². The molecule has 0 saturated heterocycles. The Hall–Kier alpha value is -0.900. The van der Waals surface area contributed by atoms with Gasteiger partial charge in [0, 0.05) is 6.54 Å². The molecule has 0 aliphatic carbocycles. The number of hydrogen-bond acceptors (Lipinski definition) is 3. The minimum Gasteiger partial charge on any atom is -0.321 e. The maximum Gasteiger partial charge on any atom is 0.149 e. The van der Waals surface area contributed by atoms with Crippen molar-refractivity contribution in [3.05, 3.63) is 11.6 Å². The molecule has 1 aromatic rings. The van der Waals surface area contributed by atoms with Gasteiger partial charge >= 0.3 is 0 Å². The number of nitrogens with two attached hydrogens (primary N) is 1. The van der Waals surface area contributed by atoms with E-state index >= 15 is 0 Å². The number of rotatable bonds is 0. The molecular weight excluding hydrogens is 140 g/mol. The third-order valence-electron chi connectivity index (χ3n) is 2.19. The third-order valence-corrected chi connectivity index (χ3v) is 2.19. The van der Waals surface area contributed by atoms with Gasteiger partial charge < -0.3 is 10.3 Å². The molecule has 4 nitrogen and oxygen atoms in total. The van der Waals surface area contributed by atoms with E-state index in [1.807, 2.05) is 6.92 Å². The zero-order chi connectivity index (χ0) is 7.84. The number of aryl methyl sites for hydroxylation is 1. The summed E-state index contributed by atoms with van der Waals surface area (Å²) in [6.07, 6.45) is 2.19. The second-order valence-electron chi connectivity index (χ2n) is 3.01. The summed E-state index contributed by atoms with van der Waals surface area (Å²) in [5, 5.41) is 8.01. The molecule has 0 spiro atoms. The first-order valence-corrected chi connectivity index (χ1v) is 3.94. The van der Waals surface area contributed by atoms with Crippen LogP contribution in [0.1, 0.15) is 30.5 Å². The Morgan fingerprint density at radius 1 is 1.55 bits per heavy atom. The van der Waals surface area contributed by atoms with Crippen molar-refractivity contribution in [1.29, 1.82) is 0 Å². The fraction of sp³-hybridized carbons (Fsp3) is 0.714. The molecule has 1 aliphatic rings. The molecule has 0 saturated carbocycles. The highest BCUT2D eigenvalue weighted by molar-refractivity contribution is 5.01. The normalized spacial score (nSPS) is 23.3. The Labute approximate surface area is 65.4 Å². The van der Waals surface area contributed by atoms with Crippen molar-refractivity contribution in [3.63, 3.8) is 0 Å². The monoisotopic (exact) mass is 152 g/mol. The van der Waals surface area contributed by atoms with E-state index in [1.165, 1.54) is 0 Å². The van der Waals surface area contributed by atoms with E-state index in [2.05, 4.69) is 14.8 Å². The Bertz CT molecular complexity index is 265. The second-order valence-corrected chi connectivity index (χ2v) is 3.01. The Morgan fingerprint density at radius 2 is 2.36 bits per heavy atom. The largest absolute Gasteiger partial charge is 0.321 e. The topological polar surface area (TPSA) is 56.7 Å². The zero-order valence-electron chi connectivity index (χ0n) is 6.62. The lowest BCUT2D eigenvalue weighted by Gasteiger charge is -2.19. The summed E-state index contributed by atoms with van der Waals surface area (Å²) in [6.45, 7) is 3.00. The van der Waals surface area contributed by atoms with Gasteiger partial charge in [0.2, 0.25) is 0 Å². The summed E-state index contributed by atoms with van der Waals surface area (Å²) in [5.74, 6) is 1.93. The average Bonchev–Trinajstić information content (AvgIpc) is 2.35. The lowest BCUT2D eigenvalue weighted by molar-refractivity contribution is 0.446. The first kappa shape index (κ1) is 6.79. The molecule has 0 radical (unpaired) electrons. The molecule has 1 aliphatic heterocycles. The van der Waals surface area contributed by atoms with Crippen molar-refractivity contribution in [2.75, 3.05) is 0 Å². The van der Waals surface area contributed by atoms with Gasteiger partial charge in [0.25, 0.3) is 0 Å². The molecule has 4 heteroatoms. The van der Waals surface area contributed by atoms with Crippen molar-refractivity contribution in [2.24, 2.45) is 5.73 Å². The lowest BCUT2D eigenvalue weighted by Crippen LogP contribution is -2.22. The molecule has 0 unspecified atom stereocenters. The van der Waals surface area contributed by atoms with E-state index < -0.39 is 0 Å². The highest BCUT2D eigenvalue weighted by Crippen LogP contribution is 2.20. The SMILES string of the molecule is Cc1nnc2n1CCC[C@@H]2N. The van der Waals surface area contributed by atoms with Gasteiger partial charge in [-0.05, 0) is 19.8 Å². The van der Waals surface area contributed by atoms with Crippen LogP contribution < -0.4 is 5.73 Å². The standard InChI is InChI=1S/C7H12N4/c1-5-9-10-7-6(8)3-2-4-11(5)7/h6H,2-4,8H2,1H3/t6-/m0/s1. The summed E-state index contributed by atoms with van der Waals surface area (Å²) in [5.41, 5.74) is 5.84. The summed E-state index contributed by atoms with van der Waals surface area (Å²) in [4.78, 5) is 0. The van der Waals surface area contributed by atoms with Gasteiger partial charge in [0.05, 0.1) is 6.04 Å². The van der Waals surface area contributed by atoms with Crippen molar-refractivity contribution < 1.29 is 0 Å². The highest BCUT2D eigenvalue weighted by Gasteiger charge is 2.19. The molecule has 2 rings (SSSR count). The molecule has 11 heavy (non-hydrogen) atoms. The molecule has 2 heterocycles. The molecule has 0 bridgehead atoms. The minimum absolute atomic E-state index is 0.102. The number of fused-ring (bicyclic) bond motifs is 1. The van der Waals surface area contributed by atoms with E-state index in [9.17, 15) is 0 Å². The van der Waals surface area contributed by atoms with Crippen molar-refractivity contribution >= 4 is 0 Å². The lowest BCUT2D eigenvalue weighted by atomic mass is 10.1. The van der Waals surface area contributed by atoms with Gasteiger partial charge in [-0.3, -0.25) is 0 Å². The van der Waals surface area contributed by atoms with Gasteiger partial charge in [0.15, 0.2) is 0 Å². The van der Waals surface area contributed by atoms with Crippen LogP contribution >= 0.6 is 0 Å². The molecule has 0 fully saturated rings. The average molecular weight is 152 g/mol. The van der Waals surface area contributed by atoms with Crippen LogP contribution in [0.15, 0.2) is 0 Å². The van der Waals surface area contributed by atoms with Crippen molar-refractivity contribution in [1.82, 2.24) is 14.8 Å². The predicted molar refractivity (Wildman–Crippen MR) is 40.9 cm³/mol. The van der Waals surface area contributed by atoms with Gasteiger partial charge in [-0.25, -0.2) is 0 Å². The fourth-order valence-corrected chi connectivity index (χ4v) is 1.55. The molecule has 0 aromatic carbocycles. The quantitative estimate of drug-likeness (QED) is 0.584. The van der Waals surface area contributed by atoms with Crippen LogP contribution in [0.25, 0.3) is 0 Å². The van der Waals surface area contributed by atoms with Gasteiger partial charge in [-0.1, -0.05) is 0 Å². The first-order chi connectivity index (χ1) is 5.29. The molecule has 60 valence electrons. The molecule has 2 N–H and O–H groups in total. The molecule has 1 atom stereocenters. The van der Waals surface area contributed by atoms with Crippen LogP contribution in [0.4, 0.5) is 0 Å². The van der Waals surface area contributed by atoms with E-state index in [1.54, 1.807) is 0 Å². The van der Waals surface area contributed by atoms with Gasteiger partial charge in [0.1, 0.15) is 11.6 Å². The second kappa shape index (κ2) is 2.30. The smallest absolute Gasteiger partial charge is 0.149 e. The number of aromatic nitrogens is 3. The van der Waals surface area contributed by atoms with Crippen molar-refractivity contribution in [2.45, 2.75) is 32.4 Å². The summed E-state index contributed by atoms with van der Waals surface area (Å²) < 4.78 is 2.11.